The van der Waals surface area contributed by atoms with E-state index >= 15 is 0 Å². The topological polar surface area (TPSA) is 167 Å². The third-order valence-electron chi connectivity index (χ3n) is 7.70. The van der Waals surface area contributed by atoms with Crippen LogP contribution in [-0.4, -0.2) is 47.9 Å². The molecule has 0 aromatic heterocycles. The van der Waals surface area contributed by atoms with Crippen LogP contribution < -0.4 is 10.6 Å². The van der Waals surface area contributed by atoms with E-state index in [1.54, 1.807) is 38.1 Å². The van der Waals surface area contributed by atoms with E-state index < -0.39 is 55.8 Å². The lowest BCUT2D eigenvalue weighted by atomic mass is 9.82. The van der Waals surface area contributed by atoms with Crippen molar-refractivity contribution in [3.8, 4) is 0 Å². The summed E-state index contributed by atoms with van der Waals surface area (Å²) in [5.74, 6) is -4.81. The number of aromatic carboxylic acids is 2. The highest BCUT2D eigenvalue weighted by Gasteiger charge is 2.28. The molecular weight excluding hydrogens is 572 g/mol. The SMILES string of the molecule is CCC(C)(C)NC(=O)c1cc(C(=O)Nc2ccc(S(=O)(=O)c3ccc(C(C)(C)CC)cc3)cc2)c(C(=O)O)cc1C(=O)O. The second-order valence-corrected chi connectivity index (χ2v) is 13.4. The molecule has 0 unspecified atom stereocenters. The Morgan fingerprint density at radius 3 is 1.56 bits per heavy atom. The van der Waals surface area contributed by atoms with Crippen LogP contribution in [-0.2, 0) is 15.3 Å². The van der Waals surface area contributed by atoms with Gasteiger partial charge in [-0.2, -0.15) is 0 Å². The van der Waals surface area contributed by atoms with Crippen LogP contribution in [0, 0.1) is 0 Å². The number of amides is 2. The summed E-state index contributed by atoms with van der Waals surface area (Å²) < 4.78 is 26.4. The summed E-state index contributed by atoms with van der Waals surface area (Å²) in [6, 6.07) is 13.7. The lowest BCUT2D eigenvalue weighted by molar-refractivity contribution is 0.0687. The molecule has 3 aromatic carbocycles. The molecule has 0 bridgehead atoms. The number of hydrogen-bond acceptors (Lipinski definition) is 6. The van der Waals surface area contributed by atoms with Crippen LogP contribution in [0.2, 0.25) is 0 Å². The average Bonchev–Trinajstić information content (AvgIpc) is 2.96. The Kier molecular flexibility index (Phi) is 9.50. The summed E-state index contributed by atoms with van der Waals surface area (Å²) in [6.07, 6.45) is 1.41. The van der Waals surface area contributed by atoms with Crippen molar-refractivity contribution in [1.29, 1.82) is 0 Å². The first-order valence-corrected chi connectivity index (χ1v) is 15.2. The van der Waals surface area contributed by atoms with Gasteiger partial charge in [0, 0.05) is 11.2 Å². The first-order chi connectivity index (χ1) is 19.9. The molecular formula is C32H36N2O8S. The number of sulfone groups is 1. The Morgan fingerprint density at radius 1 is 0.674 bits per heavy atom. The van der Waals surface area contributed by atoms with Crippen molar-refractivity contribution < 1.29 is 37.8 Å². The number of carboxylic acid groups (broad SMARTS) is 2. The maximum absolute atomic E-state index is 13.2. The summed E-state index contributed by atoms with van der Waals surface area (Å²) in [5.41, 5.74) is -1.64. The molecule has 3 aromatic rings. The standard InChI is InChI=1S/C32H36N2O8S/c1-7-31(3,4)19-9-13-21(14-10-19)43(41,42)22-15-11-20(12-16-22)33-27(35)23-17-24(28(36)34-32(5,6)8-2)26(30(39)40)18-25(23)29(37)38/h9-18H,7-8H2,1-6H3,(H,33,35)(H,34,36)(H,37,38)(H,39,40). The smallest absolute Gasteiger partial charge is 0.336 e. The van der Waals surface area contributed by atoms with E-state index in [1.165, 1.54) is 24.3 Å². The fourth-order valence-electron chi connectivity index (χ4n) is 4.13. The van der Waals surface area contributed by atoms with Crippen molar-refractivity contribution in [2.24, 2.45) is 0 Å². The van der Waals surface area contributed by atoms with Gasteiger partial charge in [-0.05, 0) is 86.2 Å². The zero-order valence-corrected chi connectivity index (χ0v) is 25.8. The van der Waals surface area contributed by atoms with Crippen LogP contribution in [0.15, 0.2) is 70.5 Å². The summed E-state index contributed by atoms with van der Waals surface area (Å²) in [4.78, 5) is 50.1. The van der Waals surface area contributed by atoms with Gasteiger partial charge in [0.15, 0.2) is 0 Å². The first kappa shape index (κ1) is 33.0. The molecule has 43 heavy (non-hydrogen) atoms. The van der Waals surface area contributed by atoms with Crippen molar-refractivity contribution >= 4 is 39.3 Å². The van der Waals surface area contributed by atoms with Gasteiger partial charge in [-0.25, -0.2) is 18.0 Å². The minimum absolute atomic E-state index is 0.0115. The molecule has 0 aliphatic carbocycles. The van der Waals surface area contributed by atoms with Gasteiger partial charge < -0.3 is 20.8 Å². The minimum atomic E-state index is -3.86. The first-order valence-electron chi connectivity index (χ1n) is 13.7. The van der Waals surface area contributed by atoms with Gasteiger partial charge >= 0.3 is 11.9 Å². The maximum Gasteiger partial charge on any atom is 0.336 e. The number of anilines is 1. The lowest BCUT2D eigenvalue weighted by Crippen LogP contribution is -2.43. The molecule has 0 heterocycles. The zero-order valence-electron chi connectivity index (χ0n) is 24.9. The number of carbonyl (C=O) groups is 4. The molecule has 228 valence electrons. The van der Waals surface area contributed by atoms with Gasteiger partial charge in [0.05, 0.1) is 32.0 Å². The molecule has 11 heteroatoms. The fraction of sp³-hybridized carbons (Fsp3) is 0.312. The van der Waals surface area contributed by atoms with Crippen molar-refractivity contribution in [1.82, 2.24) is 5.32 Å². The summed E-state index contributed by atoms with van der Waals surface area (Å²) in [6.45, 7) is 11.5. The number of carbonyl (C=O) groups excluding carboxylic acids is 2. The highest BCUT2D eigenvalue weighted by Crippen LogP contribution is 2.29. The van der Waals surface area contributed by atoms with Crippen molar-refractivity contribution in [2.75, 3.05) is 5.32 Å². The van der Waals surface area contributed by atoms with E-state index in [4.69, 9.17) is 0 Å². The summed E-state index contributed by atoms with van der Waals surface area (Å²) >= 11 is 0. The van der Waals surface area contributed by atoms with Gasteiger partial charge in [0.1, 0.15) is 0 Å². The molecule has 0 spiro atoms. The number of carboxylic acids is 2. The van der Waals surface area contributed by atoms with Crippen molar-refractivity contribution in [3.63, 3.8) is 0 Å². The van der Waals surface area contributed by atoms with E-state index in [9.17, 15) is 37.8 Å². The number of hydrogen-bond donors (Lipinski definition) is 4. The predicted molar refractivity (Wildman–Crippen MR) is 162 cm³/mol. The van der Waals surface area contributed by atoms with Crippen LogP contribution in [0.1, 0.15) is 101 Å². The second-order valence-electron chi connectivity index (χ2n) is 11.5. The third-order valence-corrected chi connectivity index (χ3v) is 9.48. The Labute approximate surface area is 251 Å². The number of rotatable bonds is 11. The molecule has 4 N–H and O–H groups in total. The van der Waals surface area contributed by atoms with Gasteiger partial charge in [-0.1, -0.05) is 39.8 Å². The van der Waals surface area contributed by atoms with Crippen LogP contribution in [0.5, 0.6) is 0 Å². The lowest BCUT2D eigenvalue weighted by Gasteiger charge is -2.25. The largest absolute Gasteiger partial charge is 0.478 e. The Bertz CT molecular complexity index is 1670. The molecule has 0 aliphatic heterocycles. The molecule has 0 radical (unpaired) electrons. The number of benzene rings is 3. The Hall–Kier alpha value is -4.51. The highest BCUT2D eigenvalue weighted by atomic mass is 32.2. The van der Waals surface area contributed by atoms with E-state index in [0.29, 0.717) is 6.42 Å². The van der Waals surface area contributed by atoms with Crippen molar-refractivity contribution in [2.45, 2.75) is 75.1 Å². The molecule has 0 fully saturated rings. The normalized spacial score (nSPS) is 12.0. The molecule has 0 aliphatic rings. The quantitative estimate of drug-likeness (QED) is 0.213. The minimum Gasteiger partial charge on any atom is -0.478 e. The molecule has 0 saturated carbocycles. The Balaban J connectivity index is 1.93. The maximum atomic E-state index is 13.2. The molecule has 0 saturated heterocycles. The van der Waals surface area contributed by atoms with E-state index in [-0.39, 0.29) is 26.5 Å². The summed E-state index contributed by atoms with van der Waals surface area (Å²) in [7, 11) is -3.86. The second kappa shape index (κ2) is 12.4. The van der Waals surface area contributed by atoms with Crippen LogP contribution in [0.25, 0.3) is 0 Å². The monoisotopic (exact) mass is 608 g/mol. The van der Waals surface area contributed by atoms with E-state index in [1.807, 2.05) is 6.92 Å². The fourth-order valence-corrected chi connectivity index (χ4v) is 5.39. The zero-order chi connectivity index (χ0) is 32.3. The number of nitrogens with one attached hydrogen (secondary N) is 2. The average molecular weight is 609 g/mol. The van der Waals surface area contributed by atoms with Gasteiger partial charge in [0.2, 0.25) is 9.84 Å². The summed E-state index contributed by atoms with van der Waals surface area (Å²) in [5, 5.41) is 24.6. The predicted octanol–water partition coefficient (Wildman–Crippen LogP) is 5.77. The molecule has 10 nitrogen and oxygen atoms in total. The third kappa shape index (κ3) is 7.29. The van der Waals surface area contributed by atoms with E-state index in [2.05, 4.69) is 31.4 Å². The highest BCUT2D eigenvalue weighted by molar-refractivity contribution is 7.91. The van der Waals surface area contributed by atoms with Crippen LogP contribution in [0.3, 0.4) is 0 Å². The van der Waals surface area contributed by atoms with E-state index in [0.717, 1.165) is 24.1 Å². The van der Waals surface area contributed by atoms with Gasteiger partial charge in [0.25, 0.3) is 11.8 Å². The molecule has 3 rings (SSSR count). The molecule has 0 atom stereocenters. The van der Waals surface area contributed by atoms with Crippen LogP contribution >= 0.6 is 0 Å². The Morgan fingerprint density at radius 2 is 1.12 bits per heavy atom. The molecule has 2 amide bonds. The van der Waals surface area contributed by atoms with Crippen LogP contribution in [0.4, 0.5) is 5.69 Å². The van der Waals surface area contributed by atoms with Gasteiger partial charge in [-0.15, -0.1) is 0 Å². The van der Waals surface area contributed by atoms with Gasteiger partial charge in [-0.3, -0.25) is 9.59 Å². The van der Waals surface area contributed by atoms with Crippen molar-refractivity contribution in [3.05, 3.63) is 88.5 Å².